The minimum Gasteiger partial charge on any atom is -0.456 e. The van der Waals surface area contributed by atoms with Crippen molar-refractivity contribution in [3.05, 3.63) is 218 Å². The van der Waals surface area contributed by atoms with Crippen molar-refractivity contribution < 1.29 is 4.42 Å². The second-order valence-corrected chi connectivity index (χ2v) is 15.6. The van der Waals surface area contributed by atoms with E-state index in [1.165, 1.54) is 0 Å². The minimum absolute atomic E-state index is 0.581. The van der Waals surface area contributed by atoms with Gasteiger partial charge in [0.25, 0.3) is 0 Å². The van der Waals surface area contributed by atoms with Crippen LogP contribution in [0.1, 0.15) is 0 Å². The Bertz CT molecular complexity index is 3500. The molecule has 5 heteroatoms. The molecular formula is C57H36N4O. The minimum atomic E-state index is 0.581. The quantitative estimate of drug-likeness (QED) is 0.161. The van der Waals surface area contributed by atoms with Gasteiger partial charge >= 0.3 is 0 Å². The molecule has 0 aliphatic heterocycles. The van der Waals surface area contributed by atoms with Gasteiger partial charge in [-0.15, -0.1) is 0 Å². The number of furan rings is 1. The van der Waals surface area contributed by atoms with Crippen LogP contribution in [0.3, 0.4) is 0 Å². The van der Waals surface area contributed by atoms with Crippen LogP contribution >= 0.6 is 0 Å². The van der Waals surface area contributed by atoms with Gasteiger partial charge in [0.15, 0.2) is 17.5 Å². The number of para-hydroxylation sites is 2. The third-order valence-corrected chi connectivity index (χ3v) is 11.8. The predicted octanol–water partition coefficient (Wildman–Crippen LogP) is 14.9. The van der Waals surface area contributed by atoms with Crippen molar-refractivity contribution in [3.8, 4) is 73.2 Å². The number of hydrogen-bond acceptors (Lipinski definition) is 4. The first-order valence-electron chi connectivity index (χ1n) is 20.8. The van der Waals surface area contributed by atoms with Crippen molar-refractivity contribution in [3.63, 3.8) is 0 Å². The largest absolute Gasteiger partial charge is 0.456 e. The first-order valence-corrected chi connectivity index (χ1v) is 20.8. The Morgan fingerprint density at radius 2 is 0.806 bits per heavy atom. The summed E-state index contributed by atoms with van der Waals surface area (Å²) < 4.78 is 8.81. The average molecular weight is 793 g/mol. The molecule has 0 bridgehead atoms. The molecule has 3 aromatic heterocycles. The summed E-state index contributed by atoms with van der Waals surface area (Å²) in [7, 11) is 0. The van der Waals surface area contributed by atoms with Gasteiger partial charge in [0.2, 0.25) is 0 Å². The van der Waals surface area contributed by atoms with Gasteiger partial charge < -0.3 is 8.98 Å². The molecule has 9 aromatic carbocycles. The van der Waals surface area contributed by atoms with Crippen LogP contribution in [0.4, 0.5) is 0 Å². The van der Waals surface area contributed by atoms with E-state index in [9.17, 15) is 0 Å². The predicted molar refractivity (Wildman–Crippen MR) is 254 cm³/mol. The van der Waals surface area contributed by atoms with Crippen LogP contribution in [-0.2, 0) is 0 Å². The summed E-state index contributed by atoms with van der Waals surface area (Å²) in [6.45, 7) is 0. The first-order chi connectivity index (χ1) is 30.7. The zero-order valence-corrected chi connectivity index (χ0v) is 33.5. The molecule has 0 radical (unpaired) electrons. The molecule has 0 spiro atoms. The standard InChI is InChI=1S/C57H36N4O/c1-5-17-37(18-6-1)42-33-43(38-19-7-2-8-20-38)35-44(34-42)41-29-30-49(47(36-41)57-59-55(39-21-9-3-10-22-39)58-56(60-57)40-23-11-4-12-24-40)61-48-27-15-13-25-45(48)53-50(61)31-32-52-54(53)46-26-14-16-28-51(46)62-52/h1-36H. The van der Waals surface area contributed by atoms with E-state index < -0.39 is 0 Å². The van der Waals surface area contributed by atoms with Crippen LogP contribution < -0.4 is 0 Å². The van der Waals surface area contributed by atoms with Crippen molar-refractivity contribution in [1.29, 1.82) is 0 Å². The fourth-order valence-electron chi connectivity index (χ4n) is 8.94. The van der Waals surface area contributed by atoms with Crippen LogP contribution in [0.5, 0.6) is 0 Å². The van der Waals surface area contributed by atoms with E-state index in [0.29, 0.717) is 17.5 Å². The van der Waals surface area contributed by atoms with Gasteiger partial charge in [-0.3, -0.25) is 0 Å². The smallest absolute Gasteiger partial charge is 0.166 e. The van der Waals surface area contributed by atoms with Crippen molar-refractivity contribution in [2.45, 2.75) is 0 Å². The van der Waals surface area contributed by atoms with Gasteiger partial charge in [-0.2, -0.15) is 0 Å². The summed E-state index contributed by atoms with van der Waals surface area (Å²) in [5, 5.41) is 4.49. The lowest BCUT2D eigenvalue weighted by atomic mass is 9.92. The summed E-state index contributed by atoms with van der Waals surface area (Å²) in [5.74, 6) is 1.80. The molecule has 0 fully saturated rings. The number of aromatic nitrogens is 4. The van der Waals surface area contributed by atoms with Crippen molar-refractivity contribution in [2.24, 2.45) is 0 Å². The van der Waals surface area contributed by atoms with Crippen LogP contribution in [0.2, 0.25) is 0 Å². The molecule has 5 nitrogen and oxygen atoms in total. The van der Waals surface area contributed by atoms with Crippen molar-refractivity contribution in [2.75, 3.05) is 0 Å². The zero-order chi connectivity index (χ0) is 41.0. The fraction of sp³-hybridized carbons (Fsp3) is 0. The molecule has 12 aromatic rings. The Hall–Kier alpha value is -8.41. The maximum Gasteiger partial charge on any atom is 0.166 e. The molecule has 12 rings (SSSR count). The highest BCUT2D eigenvalue weighted by atomic mass is 16.3. The summed E-state index contributed by atoms with van der Waals surface area (Å²) in [4.78, 5) is 15.7. The topological polar surface area (TPSA) is 56.7 Å². The second kappa shape index (κ2) is 14.7. The summed E-state index contributed by atoms with van der Waals surface area (Å²) in [6.07, 6.45) is 0. The highest BCUT2D eigenvalue weighted by Gasteiger charge is 2.23. The fourth-order valence-corrected chi connectivity index (χ4v) is 8.94. The summed E-state index contributed by atoms with van der Waals surface area (Å²) >= 11 is 0. The Kier molecular flexibility index (Phi) is 8.42. The monoisotopic (exact) mass is 792 g/mol. The number of nitrogens with zero attached hydrogens (tertiary/aromatic N) is 4. The van der Waals surface area contributed by atoms with Crippen molar-refractivity contribution in [1.82, 2.24) is 19.5 Å². The Balaban J connectivity index is 1.17. The average Bonchev–Trinajstić information content (AvgIpc) is 3.90. The molecule has 0 aliphatic carbocycles. The molecule has 0 N–H and O–H groups in total. The lowest BCUT2D eigenvalue weighted by molar-refractivity contribution is 0.669. The highest BCUT2D eigenvalue weighted by Crippen LogP contribution is 2.44. The molecule has 0 aliphatic rings. The van der Waals surface area contributed by atoms with Crippen LogP contribution in [0.25, 0.3) is 117 Å². The number of fused-ring (bicyclic) bond motifs is 7. The Morgan fingerprint density at radius 1 is 0.306 bits per heavy atom. The number of benzene rings is 9. The van der Waals surface area contributed by atoms with E-state index >= 15 is 0 Å². The van der Waals surface area contributed by atoms with Gasteiger partial charge in [-0.25, -0.2) is 15.0 Å². The van der Waals surface area contributed by atoms with Gasteiger partial charge in [0.05, 0.1) is 16.7 Å². The van der Waals surface area contributed by atoms with E-state index in [4.69, 9.17) is 19.4 Å². The molecule has 0 amide bonds. The van der Waals surface area contributed by atoms with Crippen LogP contribution in [0, 0.1) is 0 Å². The van der Waals surface area contributed by atoms with E-state index in [0.717, 1.165) is 99.5 Å². The molecule has 0 unspecified atom stereocenters. The number of hydrogen-bond donors (Lipinski definition) is 0. The summed E-state index contributed by atoms with van der Waals surface area (Å²) in [6, 6.07) is 76.4. The molecular weight excluding hydrogens is 757 g/mol. The van der Waals surface area contributed by atoms with Gasteiger partial charge in [-0.1, -0.05) is 164 Å². The van der Waals surface area contributed by atoms with E-state index in [-0.39, 0.29) is 0 Å². The van der Waals surface area contributed by atoms with E-state index in [2.05, 4.69) is 174 Å². The van der Waals surface area contributed by atoms with E-state index in [1.807, 2.05) is 48.5 Å². The molecule has 62 heavy (non-hydrogen) atoms. The maximum absolute atomic E-state index is 6.44. The molecule has 0 saturated carbocycles. The lowest BCUT2D eigenvalue weighted by Crippen LogP contribution is -2.04. The van der Waals surface area contributed by atoms with Crippen LogP contribution in [-0.4, -0.2) is 19.5 Å². The lowest BCUT2D eigenvalue weighted by Gasteiger charge is -2.17. The Labute approximate surface area is 357 Å². The van der Waals surface area contributed by atoms with Gasteiger partial charge in [-0.05, 0) is 88.0 Å². The number of rotatable bonds is 7. The maximum atomic E-state index is 6.44. The Morgan fingerprint density at radius 3 is 1.42 bits per heavy atom. The second-order valence-electron chi connectivity index (χ2n) is 15.6. The van der Waals surface area contributed by atoms with Gasteiger partial charge in [0, 0.05) is 38.2 Å². The summed E-state index contributed by atoms with van der Waals surface area (Å²) in [5.41, 5.74) is 14.3. The molecule has 3 heterocycles. The van der Waals surface area contributed by atoms with Crippen LogP contribution in [0.15, 0.2) is 223 Å². The molecule has 290 valence electrons. The SMILES string of the molecule is c1ccc(-c2cc(-c3ccccc3)cc(-c3ccc(-n4c5ccccc5c5c6c(ccc54)oc4ccccc46)c(-c4nc(-c5ccccc5)nc(-c5ccccc5)n4)c3)c2)cc1. The van der Waals surface area contributed by atoms with Gasteiger partial charge in [0.1, 0.15) is 11.2 Å². The third kappa shape index (κ3) is 6.06. The van der Waals surface area contributed by atoms with E-state index in [1.54, 1.807) is 0 Å². The molecule has 0 saturated heterocycles. The normalized spacial score (nSPS) is 11.5. The zero-order valence-electron chi connectivity index (χ0n) is 33.5. The van der Waals surface area contributed by atoms with Crippen molar-refractivity contribution >= 4 is 43.7 Å². The third-order valence-electron chi connectivity index (χ3n) is 11.8. The molecule has 0 atom stereocenters. The highest BCUT2D eigenvalue weighted by molar-refractivity contribution is 6.27. The first kappa shape index (κ1) is 35.5.